The highest BCUT2D eigenvalue weighted by atomic mass is 35.5. The van der Waals surface area contributed by atoms with Crippen LogP contribution in [0, 0.1) is 6.92 Å². The van der Waals surface area contributed by atoms with Crippen LogP contribution in [0.5, 0.6) is 0 Å². The minimum atomic E-state index is 0.00449. The Morgan fingerprint density at radius 1 is 1.37 bits per heavy atom. The molecule has 2 aromatic rings. The third kappa shape index (κ3) is 3.48. The van der Waals surface area contributed by atoms with Crippen LogP contribution >= 0.6 is 34.5 Å². The van der Waals surface area contributed by atoms with Crippen molar-refractivity contribution in [2.75, 3.05) is 6.54 Å². The van der Waals surface area contributed by atoms with E-state index >= 15 is 0 Å². The highest BCUT2D eigenvalue weighted by molar-refractivity contribution is 7.09. The van der Waals surface area contributed by atoms with Crippen molar-refractivity contribution in [1.82, 2.24) is 10.3 Å². The van der Waals surface area contributed by atoms with Gasteiger partial charge in [-0.25, -0.2) is 4.98 Å². The molecule has 0 aliphatic carbocycles. The largest absolute Gasteiger partial charge is 0.304 e. The lowest BCUT2D eigenvalue weighted by Gasteiger charge is -2.18. The number of aromatic nitrogens is 1. The smallest absolute Gasteiger partial charge is 0.114 e. The molecule has 1 atom stereocenters. The maximum atomic E-state index is 6.33. The van der Waals surface area contributed by atoms with Crippen molar-refractivity contribution in [3.05, 3.63) is 49.9 Å². The number of aryl methyl sites for hydroxylation is 1. The van der Waals surface area contributed by atoms with Crippen molar-refractivity contribution >= 4 is 34.5 Å². The number of nitrogens with one attached hydrogen (secondary N) is 1. The zero-order valence-corrected chi connectivity index (χ0v) is 13.2. The van der Waals surface area contributed by atoms with E-state index in [2.05, 4.69) is 22.6 Å². The average Bonchev–Trinajstić information content (AvgIpc) is 2.81. The molecule has 5 heteroatoms. The molecule has 0 amide bonds. The Morgan fingerprint density at radius 2 is 2.16 bits per heavy atom. The number of rotatable bonds is 5. The second-order valence-corrected chi connectivity index (χ2v) is 6.03. The molecule has 1 N–H and O–H groups in total. The molecule has 0 saturated carbocycles. The van der Waals surface area contributed by atoms with Gasteiger partial charge in [0.2, 0.25) is 0 Å². The van der Waals surface area contributed by atoms with Crippen molar-refractivity contribution in [3.8, 4) is 0 Å². The van der Waals surface area contributed by atoms with Gasteiger partial charge < -0.3 is 5.32 Å². The molecule has 0 fully saturated rings. The predicted molar refractivity (Wildman–Crippen MR) is 83.4 cm³/mol. The Balaban J connectivity index is 2.39. The second kappa shape index (κ2) is 6.71. The molecular formula is C14H16Cl2N2S. The quantitative estimate of drug-likeness (QED) is 0.853. The summed E-state index contributed by atoms with van der Waals surface area (Å²) in [4.78, 5) is 4.57. The zero-order chi connectivity index (χ0) is 13.8. The molecule has 102 valence electrons. The van der Waals surface area contributed by atoms with E-state index in [9.17, 15) is 0 Å². The van der Waals surface area contributed by atoms with E-state index in [0.29, 0.717) is 10.0 Å². The average molecular weight is 315 g/mol. The van der Waals surface area contributed by atoms with E-state index in [0.717, 1.165) is 29.2 Å². The van der Waals surface area contributed by atoms with Crippen molar-refractivity contribution in [2.45, 2.75) is 26.3 Å². The Kier molecular flexibility index (Phi) is 5.22. The maximum absolute atomic E-state index is 6.33. The normalized spacial score (nSPS) is 12.6. The molecule has 0 radical (unpaired) electrons. The van der Waals surface area contributed by atoms with Gasteiger partial charge in [0.1, 0.15) is 5.01 Å². The van der Waals surface area contributed by atoms with Crippen molar-refractivity contribution < 1.29 is 0 Å². The Hall–Kier alpha value is -0.610. The van der Waals surface area contributed by atoms with Crippen LogP contribution in [0.3, 0.4) is 0 Å². The molecule has 0 bridgehead atoms. The monoisotopic (exact) mass is 314 g/mol. The molecule has 0 aliphatic heterocycles. The number of hydrogen-bond acceptors (Lipinski definition) is 3. The van der Waals surface area contributed by atoms with E-state index in [1.54, 1.807) is 17.4 Å². The first kappa shape index (κ1) is 14.8. The van der Waals surface area contributed by atoms with E-state index in [1.807, 2.05) is 19.1 Å². The lowest BCUT2D eigenvalue weighted by Crippen LogP contribution is -2.23. The lowest BCUT2D eigenvalue weighted by molar-refractivity contribution is 0.595. The molecule has 0 spiro atoms. The number of halogens is 2. The van der Waals surface area contributed by atoms with E-state index < -0.39 is 0 Å². The Morgan fingerprint density at radius 3 is 2.79 bits per heavy atom. The number of nitrogens with zero attached hydrogens (tertiary/aromatic N) is 1. The fourth-order valence-electron chi connectivity index (χ4n) is 1.87. The van der Waals surface area contributed by atoms with Crippen LogP contribution in [0.4, 0.5) is 0 Å². The summed E-state index contributed by atoms with van der Waals surface area (Å²) in [6.45, 7) is 5.04. The van der Waals surface area contributed by atoms with Gasteiger partial charge >= 0.3 is 0 Å². The van der Waals surface area contributed by atoms with Crippen LogP contribution in [-0.4, -0.2) is 11.5 Å². The lowest BCUT2D eigenvalue weighted by atomic mass is 10.1. The van der Waals surface area contributed by atoms with Crippen LogP contribution in [0.25, 0.3) is 0 Å². The Bertz CT molecular complexity index is 554. The summed E-state index contributed by atoms with van der Waals surface area (Å²) in [7, 11) is 0. The van der Waals surface area contributed by atoms with Crippen LogP contribution in [0.15, 0.2) is 23.6 Å². The Labute approximate surface area is 127 Å². The van der Waals surface area contributed by atoms with Gasteiger partial charge in [-0.3, -0.25) is 0 Å². The molecule has 0 aliphatic rings. The van der Waals surface area contributed by atoms with Crippen LogP contribution in [-0.2, 0) is 0 Å². The minimum Gasteiger partial charge on any atom is -0.304 e. The van der Waals surface area contributed by atoms with Gasteiger partial charge in [-0.15, -0.1) is 11.3 Å². The third-order valence-corrected chi connectivity index (χ3v) is 4.64. The first-order valence-corrected chi connectivity index (χ1v) is 7.86. The van der Waals surface area contributed by atoms with E-state index in [1.165, 1.54) is 0 Å². The molecule has 1 aromatic carbocycles. The topological polar surface area (TPSA) is 24.9 Å². The summed E-state index contributed by atoms with van der Waals surface area (Å²) in [6.07, 6.45) is 1.05. The summed E-state index contributed by atoms with van der Waals surface area (Å²) in [5.41, 5.74) is 2.01. The molecule has 2 nitrogen and oxygen atoms in total. The van der Waals surface area contributed by atoms with E-state index in [-0.39, 0.29) is 6.04 Å². The molecule has 1 aromatic heterocycles. The van der Waals surface area contributed by atoms with Gasteiger partial charge in [0.05, 0.1) is 16.1 Å². The molecule has 0 saturated heterocycles. The molecule has 1 heterocycles. The standard InChI is InChI=1S/C14H16Cl2N2S/c1-3-7-17-13(14-18-9(2)8-19-14)10-5-4-6-11(15)12(10)16/h4-6,8,13,17H,3,7H2,1-2H3. The number of hydrogen-bond donors (Lipinski definition) is 1. The number of benzene rings is 1. The van der Waals surface area contributed by atoms with Gasteiger partial charge in [-0.2, -0.15) is 0 Å². The maximum Gasteiger partial charge on any atom is 0.114 e. The second-order valence-electron chi connectivity index (χ2n) is 4.36. The van der Waals surface area contributed by atoms with Crippen molar-refractivity contribution in [3.63, 3.8) is 0 Å². The predicted octanol–water partition coefficient (Wildman–Crippen LogP) is 4.85. The molecule has 2 rings (SSSR count). The van der Waals surface area contributed by atoms with Crippen molar-refractivity contribution in [1.29, 1.82) is 0 Å². The summed E-state index contributed by atoms with van der Waals surface area (Å²) in [5.74, 6) is 0. The van der Waals surface area contributed by atoms with Gasteiger partial charge in [0.25, 0.3) is 0 Å². The van der Waals surface area contributed by atoms with Gasteiger partial charge in [0.15, 0.2) is 0 Å². The van der Waals surface area contributed by atoms with Gasteiger partial charge in [-0.1, -0.05) is 42.3 Å². The van der Waals surface area contributed by atoms with Crippen LogP contribution in [0.2, 0.25) is 10.0 Å². The fourth-order valence-corrected chi connectivity index (χ4v) is 3.17. The zero-order valence-electron chi connectivity index (χ0n) is 10.9. The minimum absolute atomic E-state index is 0.00449. The molecule has 19 heavy (non-hydrogen) atoms. The fraction of sp³-hybridized carbons (Fsp3) is 0.357. The third-order valence-electron chi connectivity index (χ3n) is 2.77. The first-order chi connectivity index (χ1) is 9.13. The first-order valence-electron chi connectivity index (χ1n) is 6.22. The molecular weight excluding hydrogens is 299 g/mol. The van der Waals surface area contributed by atoms with Crippen molar-refractivity contribution in [2.24, 2.45) is 0 Å². The van der Waals surface area contributed by atoms with Gasteiger partial charge in [0, 0.05) is 11.1 Å². The molecule has 1 unspecified atom stereocenters. The van der Waals surface area contributed by atoms with Crippen LogP contribution in [0.1, 0.15) is 35.7 Å². The SMILES string of the molecule is CCCNC(c1nc(C)cs1)c1cccc(Cl)c1Cl. The summed E-state index contributed by atoms with van der Waals surface area (Å²) in [5, 5.41) is 7.74. The summed E-state index contributed by atoms with van der Waals surface area (Å²) >= 11 is 14.1. The van der Waals surface area contributed by atoms with Crippen LogP contribution < -0.4 is 5.32 Å². The van der Waals surface area contributed by atoms with Gasteiger partial charge in [-0.05, 0) is 31.5 Å². The highest BCUT2D eigenvalue weighted by Crippen LogP contribution is 2.34. The van der Waals surface area contributed by atoms with E-state index in [4.69, 9.17) is 23.2 Å². The summed E-state index contributed by atoms with van der Waals surface area (Å²) in [6, 6.07) is 5.73. The summed E-state index contributed by atoms with van der Waals surface area (Å²) < 4.78 is 0. The highest BCUT2D eigenvalue weighted by Gasteiger charge is 2.20. The number of thiazole rings is 1.